The molecule has 0 saturated carbocycles. The molecule has 1 aromatic heterocycles. The average molecular weight is 184 g/mol. The van der Waals surface area contributed by atoms with E-state index >= 15 is 0 Å². The normalized spacial score (nSPS) is 9.71. The molecule has 3 nitrogen and oxygen atoms in total. The van der Waals surface area contributed by atoms with E-state index in [0.29, 0.717) is 11.3 Å². The van der Waals surface area contributed by atoms with E-state index in [-0.39, 0.29) is 0 Å². The Bertz CT molecular complexity index is 514. The molecular formula is C11H8N2O. The van der Waals surface area contributed by atoms with E-state index in [1.165, 1.54) is 0 Å². The summed E-state index contributed by atoms with van der Waals surface area (Å²) in [7, 11) is 1.59. The highest BCUT2D eigenvalue weighted by atomic mass is 16.5. The Morgan fingerprint density at radius 2 is 2.21 bits per heavy atom. The number of nitriles is 1. The zero-order valence-electron chi connectivity index (χ0n) is 7.69. The second-order valence-electron chi connectivity index (χ2n) is 2.83. The lowest BCUT2D eigenvalue weighted by atomic mass is 10.1. The quantitative estimate of drug-likeness (QED) is 0.681. The van der Waals surface area contributed by atoms with Crippen LogP contribution in [0.2, 0.25) is 0 Å². The van der Waals surface area contributed by atoms with Crippen LogP contribution >= 0.6 is 0 Å². The number of aromatic nitrogens is 1. The van der Waals surface area contributed by atoms with Crippen molar-refractivity contribution in [1.82, 2.24) is 4.98 Å². The van der Waals surface area contributed by atoms with Crippen LogP contribution in [-0.2, 0) is 0 Å². The van der Waals surface area contributed by atoms with Gasteiger partial charge in [-0.15, -0.1) is 0 Å². The van der Waals surface area contributed by atoms with Gasteiger partial charge in [-0.3, -0.25) is 4.98 Å². The Morgan fingerprint density at radius 3 is 2.93 bits per heavy atom. The van der Waals surface area contributed by atoms with Crippen LogP contribution in [0.1, 0.15) is 5.56 Å². The highest BCUT2D eigenvalue weighted by Crippen LogP contribution is 2.24. The lowest BCUT2D eigenvalue weighted by molar-refractivity contribution is 0.419. The fraction of sp³-hybridized carbons (Fsp3) is 0.0909. The van der Waals surface area contributed by atoms with E-state index in [2.05, 4.69) is 11.1 Å². The van der Waals surface area contributed by atoms with Gasteiger partial charge in [0.1, 0.15) is 11.3 Å². The Hall–Kier alpha value is -2.08. The maximum atomic E-state index is 8.88. The van der Waals surface area contributed by atoms with Gasteiger partial charge in [0.05, 0.1) is 18.7 Å². The molecule has 1 aromatic carbocycles. The van der Waals surface area contributed by atoms with Gasteiger partial charge in [-0.25, -0.2) is 0 Å². The van der Waals surface area contributed by atoms with Crippen molar-refractivity contribution in [1.29, 1.82) is 5.26 Å². The molecule has 1 heterocycles. The molecule has 68 valence electrons. The van der Waals surface area contributed by atoms with Crippen molar-refractivity contribution < 1.29 is 4.74 Å². The number of methoxy groups -OCH3 is 1. The molecule has 14 heavy (non-hydrogen) atoms. The summed E-state index contributed by atoms with van der Waals surface area (Å²) in [6, 6.07) is 9.37. The second-order valence-corrected chi connectivity index (χ2v) is 2.83. The molecule has 0 amide bonds. The van der Waals surface area contributed by atoms with Gasteiger partial charge in [-0.2, -0.15) is 5.26 Å². The molecule has 0 aliphatic carbocycles. The first-order chi connectivity index (χ1) is 6.86. The van der Waals surface area contributed by atoms with E-state index in [4.69, 9.17) is 10.00 Å². The largest absolute Gasteiger partial charge is 0.494 e. The van der Waals surface area contributed by atoms with E-state index < -0.39 is 0 Å². The first-order valence-corrected chi connectivity index (χ1v) is 4.18. The fourth-order valence-corrected chi connectivity index (χ4v) is 1.41. The van der Waals surface area contributed by atoms with Crippen LogP contribution in [0.15, 0.2) is 30.5 Å². The predicted octanol–water partition coefficient (Wildman–Crippen LogP) is 2.12. The summed E-state index contributed by atoms with van der Waals surface area (Å²) in [5.41, 5.74) is 1.35. The van der Waals surface area contributed by atoms with Gasteiger partial charge in [0.25, 0.3) is 0 Å². The van der Waals surface area contributed by atoms with Gasteiger partial charge in [-0.1, -0.05) is 12.1 Å². The third kappa shape index (κ3) is 1.17. The van der Waals surface area contributed by atoms with Crippen LogP contribution in [0, 0.1) is 11.3 Å². The molecule has 0 spiro atoms. The van der Waals surface area contributed by atoms with Crippen LogP contribution < -0.4 is 4.74 Å². The summed E-state index contributed by atoms with van der Waals surface area (Å²) in [6.45, 7) is 0. The minimum Gasteiger partial charge on any atom is -0.494 e. The SMILES string of the molecule is COc1cccc2c(C#N)ccnc12. The number of rotatable bonds is 1. The molecule has 0 N–H and O–H groups in total. The fourth-order valence-electron chi connectivity index (χ4n) is 1.41. The van der Waals surface area contributed by atoms with Gasteiger partial charge in [0, 0.05) is 11.6 Å². The minimum absolute atomic E-state index is 0.619. The van der Waals surface area contributed by atoms with Crippen molar-refractivity contribution in [2.75, 3.05) is 7.11 Å². The van der Waals surface area contributed by atoms with Gasteiger partial charge < -0.3 is 4.74 Å². The molecule has 0 aliphatic rings. The van der Waals surface area contributed by atoms with Crippen LogP contribution in [0.3, 0.4) is 0 Å². The number of hydrogen-bond donors (Lipinski definition) is 0. The molecule has 0 unspecified atom stereocenters. The Balaban J connectivity index is 2.86. The monoisotopic (exact) mass is 184 g/mol. The van der Waals surface area contributed by atoms with Gasteiger partial charge in [0.15, 0.2) is 0 Å². The summed E-state index contributed by atoms with van der Waals surface area (Å²) in [5.74, 6) is 0.694. The van der Waals surface area contributed by atoms with Crippen molar-refractivity contribution in [3.63, 3.8) is 0 Å². The number of nitrogens with zero attached hydrogens (tertiary/aromatic N) is 2. The number of hydrogen-bond acceptors (Lipinski definition) is 3. The molecule has 0 aliphatic heterocycles. The Kier molecular flexibility index (Phi) is 2.04. The molecule has 0 atom stereocenters. The highest BCUT2D eigenvalue weighted by molar-refractivity contribution is 5.88. The summed E-state index contributed by atoms with van der Waals surface area (Å²) in [4.78, 5) is 4.18. The van der Waals surface area contributed by atoms with Gasteiger partial charge >= 0.3 is 0 Å². The third-order valence-corrected chi connectivity index (χ3v) is 2.07. The van der Waals surface area contributed by atoms with Gasteiger partial charge in [0.2, 0.25) is 0 Å². The standard InChI is InChI=1S/C11H8N2O/c1-14-10-4-2-3-9-8(7-12)5-6-13-11(9)10/h2-6H,1H3. The van der Waals surface area contributed by atoms with Gasteiger partial charge in [-0.05, 0) is 12.1 Å². The smallest absolute Gasteiger partial charge is 0.145 e. The Labute approximate surface area is 81.6 Å². The number of benzene rings is 1. The van der Waals surface area contributed by atoms with E-state index in [9.17, 15) is 0 Å². The van der Waals surface area contributed by atoms with E-state index in [1.807, 2.05) is 18.2 Å². The summed E-state index contributed by atoms with van der Waals surface area (Å²) in [5, 5.41) is 9.71. The van der Waals surface area contributed by atoms with Crippen LogP contribution in [0.25, 0.3) is 10.9 Å². The number of pyridine rings is 1. The van der Waals surface area contributed by atoms with Crippen molar-refractivity contribution in [2.45, 2.75) is 0 Å². The summed E-state index contributed by atoms with van der Waals surface area (Å²) in [6.07, 6.45) is 1.61. The molecule has 0 bridgehead atoms. The number of para-hydroxylation sites is 1. The molecule has 0 radical (unpaired) electrons. The first kappa shape index (κ1) is 8.52. The molecule has 2 aromatic rings. The van der Waals surface area contributed by atoms with Crippen molar-refractivity contribution in [3.05, 3.63) is 36.0 Å². The maximum absolute atomic E-state index is 8.88. The van der Waals surface area contributed by atoms with E-state index in [1.54, 1.807) is 19.4 Å². The van der Waals surface area contributed by atoms with Crippen LogP contribution in [0.4, 0.5) is 0 Å². The first-order valence-electron chi connectivity index (χ1n) is 4.18. The topological polar surface area (TPSA) is 45.9 Å². The maximum Gasteiger partial charge on any atom is 0.145 e. The predicted molar refractivity (Wildman–Crippen MR) is 53.0 cm³/mol. The highest BCUT2D eigenvalue weighted by Gasteiger charge is 2.04. The lowest BCUT2D eigenvalue weighted by Gasteiger charge is -2.04. The lowest BCUT2D eigenvalue weighted by Crippen LogP contribution is -1.88. The molecule has 2 rings (SSSR count). The molecular weight excluding hydrogens is 176 g/mol. The third-order valence-electron chi connectivity index (χ3n) is 2.07. The van der Waals surface area contributed by atoms with Crippen LogP contribution in [0.5, 0.6) is 5.75 Å². The van der Waals surface area contributed by atoms with Crippen LogP contribution in [-0.4, -0.2) is 12.1 Å². The average Bonchev–Trinajstić information content (AvgIpc) is 2.27. The minimum atomic E-state index is 0.619. The number of ether oxygens (including phenoxy) is 1. The second kappa shape index (κ2) is 3.35. The summed E-state index contributed by atoms with van der Waals surface area (Å²) >= 11 is 0. The molecule has 0 saturated heterocycles. The van der Waals surface area contributed by atoms with Crippen molar-refractivity contribution >= 4 is 10.9 Å². The Morgan fingerprint density at radius 1 is 1.36 bits per heavy atom. The number of fused-ring (bicyclic) bond motifs is 1. The van der Waals surface area contributed by atoms with E-state index in [0.717, 1.165) is 10.9 Å². The zero-order chi connectivity index (χ0) is 9.97. The molecule has 3 heteroatoms. The molecule has 0 fully saturated rings. The van der Waals surface area contributed by atoms with Crippen molar-refractivity contribution in [2.24, 2.45) is 0 Å². The summed E-state index contributed by atoms with van der Waals surface area (Å²) < 4.78 is 5.16. The van der Waals surface area contributed by atoms with Crippen molar-refractivity contribution in [3.8, 4) is 11.8 Å². The zero-order valence-corrected chi connectivity index (χ0v) is 7.69.